The number of para-hydroxylation sites is 1. The monoisotopic (exact) mass is 408 g/mol. The zero-order chi connectivity index (χ0) is 20.4. The Kier molecular flexibility index (Phi) is 5.02. The van der Waals surface area contributed by atoms with Gasteiger partial charge in [0.15, 0.2) is 20.5 Å². The van der Waals surface area contributed by atoms with E-state index >= 15 is 0 Å². The SMILES string of the molecule is COc1ccccc1CCc1ccc(-c2ccc(S(C)(=O)=O)nc2)c2nncn12. The van der Waals surface area contributed by atoms with Gasteiger partial charge >= 0.3 is 0 Å². The summed E-state index contributed by atoms with van der Waals surface area (Å²) in [5.74, 6) is 0.876. The van der Waals surface area contributed by atoms with E-state index in [2.05, 4.69) is 21.2 Å². The summed E-state index contributed by atoms with van der Waals surface area (Å²) in [6, 6.07) is 15.2. The predicted molar refractivity (Wildman–Crippen MR) is 110 cm³/mol. The van der Waals surface area contributed by atoms with E-state index in [1.165, 1.54) is 6.07 Å². The fraction of sp³-hybridized carbons (Fsp3) is 0.190. The summed E-state index contributed by atoms with van der Waals surface area (Å²) >= 11 is 0. The zero-order valence-electron chi connectivity index (χ0n) is 16.1. The van der Waals surface area contributed by atoms with Gasteiger partial charge in [-0.05, 0) is 48.7 Å². The lowest BCUT2D eigenvalue weighted by Crippen LogP contribution is -2.02. The molecule has 4 aromatic rings. The van der Waals surface area contributed by atoms with E-state index in [0.29, 0.717) is 5.65 Å². The Hall–Kier alpha value is -3.26. The van der Waals surface area contributed by atoms with E-state index in [1.54, 1.807) is 25.7 Å². The maximum absolute atomic E-state index is 11.6. The van der Waals surface area contributed by atoms with Gasteiger partial charge in [0.25, 0.3) is 0 Å². The van der Waals surface area contributed by atoms with Crippen molar-refractivity contribution in [2.24, 2.45) is 0 Å². The number of hydrogen-bond donors (Lipinski definition) is 0. The lowest BCUT2D eigenvalue weighted by Gasteiger charge is -2.11. The molecule has 0 aliphatic heterocycles. The smallest absolute Gasteiger partial charge is 0.192 e. The number of aryl methyl sites for hydroxylation is 2. The second-order valence-electron chi connectivity index (χ2n) is 6.73. The zero-order valence-corrected chi connectivity index (χ0v) is 16.9. The van der Waals surface area contributed by atoms with Gasteiger partial charge in [-0.2, -0.15) is 0 Å². The largest absolute Gasteiger partial charge is 0.496 e. The highest BCUT2D eigenvalue weighted by Crippen LogP contribution is 2.26. The summed E-state index contributed by atoms with van der Waals surface area (Å²) in [4.78, 5) is 4.08. The van der Waals surface area contributed by atoms with Gasteiger partial charge in [0.1, 0.15) is 12.1 Å². The molecule has 0 aliphatic carbocycles. The molecule has 0 bridgehead atoms. The molecule has 0 radical (unpaired) electrons. The van der Waals surface area contributed by atoms with Crippen LogP contribution in [0.5, 0.6) is 5.75 Å². The summed E-state index contributed by atoms with van der Waals surface area (Å²) in [5.41, 5.74) is 4.54. The van der Waals surface area contributed by atoms with Crippen LogP contribution in [0.2, 0.25) is 0 Å². The Balaban J connectivity index is 1.65. The van der Waals surface area contributed by atoms with Crippen LogP contribution in [0.1, 0.15) is 11.3 Å². The third kappa shape index (κ3) is 3.84. The van der Waals surface area contributed by atoms with Crippen LogP contribution in [0.4, 0.5) is 0 Å². The van der Waals surface area contributed by atoms with Gasteiger partial charge in [-0.3, -0.25) is 4.40 Å². The number of ether oxygens (including phenoxy) is 1. The van der Waals surface area contributed by atoms with Crippen LogP contribution in [0.25, 0.3) is 16.8 Å². The van der Waals surface area contributed by atoms with Crippen molar-refractivity contribution in [2.75, 3.05) is 13.4 Å². The van der Waals surface area contributed by atoms with Crippen molar-refractivity contribution >= 4 is 15.5 Å². The first-order chi connectivity index (χ1) is 14.0. The summed E-state index contributed by atoms with van der Waals surface area (Å²) in [5, 5.41) is 8.37. The minimum absolute atomic E-state index is 0.0483. The highest BCUT2D eigenvalue weighted by atomic mass is 32.2. The molecular formula is C21H20N4O3S. The Morgan fingerprint density at radius 1 is 1.03 bits per heavy atom. The van der Waals surface area contributed by atoms with Crippen LogP contribution >= 0.6 is 0 Å². The molecule has 4 rings (SSSR count). The minimum Gasteiger partial charge on any atom is -0.496 e. The summed E-state index contributed by atoms with van der Waals surface area (Å²) in [6.07, 6.45) is 5.99. The molecule has 0 spiro atoms. The van der Waals surface area contributed by atoms with Crippen molar-refractivity contribution < 1.29 is 13.2 Å². The molecule has 29 heavy (non-hydrogen) atoms. The first kappa shape index (κ1) is 19.1. The van der Waals surface area contributed by atoms with E-state index in [-0.39, 0.29) is 5.03 Å². The quantitative estimate of drug-likeness (QED) is 0.487. The van der Waals surface area contributed by atoms with Gasteiger partial charge < -0.3 is 4.74 Å². The lowest BCUT2D eigenvalue weighted by molar-refractivity contribution is 0.409. The maximum atomic E-state index is 11.6. The van der Waals surface area contributed by atoms with Crippen LogP contribution in [0.15, 0.2) is 66.1 Å². The number of methoxy groups -OCH3 is 1. The van der Waals surface area contributed by atoms with E-state index in [9.17, 15) is 8.42 Å². The van der Waals surface area contributed by atoms with Crippen molar-refractivity contribution in [2.45, 2.75) is 17.9 Å². The van der Waals surface area contributed by atoms with E-state index in [4.69, 9.17) is 4.74 Å². The van der Waals surface area contributed by atoms with Gasteiger partial charge in [0.2, 0.25) is 0 Å². The highest BCUT2D eigenvalue weighted by molar-refractivity contribution is 7.90. The maximum Gasteiger partial charge on any atom is 0.192 e. The van der Waals surface area contributed by atoms with Gasteiger partial charge in [-0.1, -0.05) is 18.2 Å². The molecule has 0 fully saturated rings. The second-order valence-corrected chi connectivity index (χ2v) is 8.69. The van der Waals surface area contributed by atoms with Crippen molar-refractivity contribution in [1.82, 2.24) is 19.6 Å². The van der Waals surface area contributed by atoms with Gasteiger partial charge in [0.05, 0.1) is 7.11 Å². The van der Waals surface area contributed by atoms with E-state index in [1.807, 2.05) is 34.7 Å². The molecule has 0 N–H and O–H groups in total. The number of pyridine rings is 2. The average Bonchev–Trinajstić information content (AvgIpc) is 3.22. The molecule has 0 saturated heterocycles. The number of aromatic nitrogens is 4. The molecule has 1 aromatic carbocycles. The number of hydrogen-bond acceptors (Lipinski definition) is 6. The van der Waals surface area contributed by atoms with Crippen molar-refractivity contribution in [3.05, 3.63) is 72.3 Å². The van der Waals surface area contributed by atoms with Crippen molar-refractivity contribution in [3.63, 3.8) is 0 Å². The normalized spacial score (nSPS) is 11.7. The second kappa shape index (κ2) is 7.63. The summed E-state index contributed by atoms with van der Waals surface area (Å²) in [7, 11) is -1.66. The Morgan fingerprint density at radius 2 is 1.86 bits per heavy atom. The van der Waals surface area contributed by atoms with Crippen molar-refractivity contribution in [1.29, 1.82) is 0 Å². The third-order valence-electron chi connectivity index (χ3n) is 4.81. The van der Waals surface area contributed by atoms with E-state index in [0.717, 1.165) is 47.2 Å². The van der Waals surface area contributed by atoms with Crippen LogP contribution in [-0.4, -0.2) is 41.4 Å². The fourth-order valence-corrected chi connectivity index (χ4v) is 3.88. The van der Waals surface area contributed by atoms with Crippen LogP contribution in [0.3, 0.4) is 0 Å². The lowest BCUT2D eigenvalue weighted by atomic mass is 10.0. The number of sulfone groups is 1. The molecular weight excluding hydrogens is 388 g/mol. The summed E-state index contributed by atoms with van der Waals surface area (Å²) < 4.78 is 30.7. The molecule has 3 heterocycles. The standard InChI is InChI=1S/C21H20N4O3S/c1-28-19-6-4-3-5-15(19)7-9-17-10-11-18(21-24-23-14-25(17)21)16-8-12-20(22-13-16)29(2,26)27/h3-6,8,10-14H,7,9H2,1-2H3. The molecule has 0 amide bonds. The third-order valence-corrected chi connectivity index (χ3v) is 5.81. The number of rotatable bonds is 6. The molecule has 0 unspecified atom stereocenters. The van der Waals surface area contributed by atoms with E-state index < -0.39 is 9.84 Å². The molecule has 148 valence electrons. The average molecular weight is 408 g/mol. The number of fused-ring (bicyclic) bond motifs is 1. The van der Waals surface area contributed by atoms with Crippen LogP contribution in [-0.2, 0) is 22.7 Å². The molecule has 0 aliphatic rings. The predicted octanol–water partition coefficient (Wildman–Crippen LogP) is 2.99. The highest BCUT2D eigenvalue weighted by Gasteiger charge is 2.13. The first-order valence-corrected chi connectivity index (χ1v) is 11.0. The van der Waals surface area contributed by atoms with Crippen LogP contribution < -0.4 is 4.74 Å². The number of nitrogens with zero attached hydrogens (tertiary/aromatic N) is 4. The molecule has 0 saturated carbocycles. The molecule has 7 nitrogen and oxygen atoms in total. The molecule has 3 aromatic heterocycles. The summed E-state index contributed by atoms with van der Waals surface area (Å²) in [6.45, 7) is 0. The van der Waals surface area contributed by atoms with Gasteiger partial charge in [-0.25, -0.2) is 13.4 Å². The fourth-order valence-electron chi connectivity index (χ4n) is 3.32. The van der Waals surface area contributed by atoms with Gasteiger partial charge in [-0.15, -0.1) is 10.2 Å². The van der Waals surface area contributed by atoms with Crippen LogP contribution in [0, 0.1) is 0 Å². The number of benzene rings is 1. The topological polar surface area (TPSA) is 86.5 Å². The molecule has 8 heteroatoms. The Labute approximate surface area is 168 Å². The minimum atomic E-state index is -3.33. The molecule has 0 atom stereocenters. The van der Waals surface area contributed by atoms with Crippen molar-refractivity contribution in [3.8, 4) is 16.9 Å². The first-order valence-electron chi connectivity index (χ1n) is 9.07. The Morgan fingerprint density at radius 3 is 2.59 bits per heavy atom. The Bertz CT molecular complexity index is 1260. The van der Waals surface area contributed by atoms with Gasteiger partial charge in [0, 0.05) is 29.3 Å².